The van der Waals surface area contributed by atoms with Crippen molar-refractivity contribution in [1.29, 1.82) is 0 Å². The lowest BCUT2D eigenvalue weighted by Gasteiger charge is -2.26. The van der Waals surface area contributed by atoms with Crippen molar-refractivity contribution in [2.75, 3.05) is 25.5 Å². The molecule has 0 saturated carbocycles. The second-order valence-corrected chi connectivity index (χ2v) is 4.11. The van der Waals surface area contributed by atoms with Gasteiger partial charge < -0.3 is 21.1 Å². The summed E-state index contributed by atoms with van der Waals surface area (Å²) < 4.78 is 4.93. The number of amides is 2. The van der Waals surface area contributed by atoms with Gasteiger partial charge in [-0.1, -0.05) is 0 Å². The van der Waals surface area contributed by atoms with Gasteiger partial charge in [0.05, 0.1) is 25.8 Å². The zero-order valence-electron chi connectivity index (χ0n) is 9.81. The molecule has 0 spiro atoms. The first-order valence-corrected chi connectivity index (χ1v) is 5.66. The maximum atomic E-state index is 11.7. The number of nitrogens with two attached hydrogens (primary N) is 1. The third-order valence-electron chi connectivity index (χ3n) is 2.59. The predicted octanol–water partition coefficient (Wildman–Crippen LogP) is -0.486. The number of carbonyl (C=O) groups excluding carboxylic acids is 2. The van der Waals surface area contributed by atoms with Crippen LogP contribution in [-0.4, -0.2) is 37.6 Å². The van der Waals surface area contributed by atoms with Gasteiger partial charge in [0, 0.05) is 11.3 Å². The highest BCUT2D eigenvalue weighted by atomic mass is 16.5. The highest BCUT2D eigenvalue weighted by molar-refractivity contribution is 5.96. The second kappa shape index (κ2) is 5.50. The molecule has 1 heterocycles. The van der Waals surface area contributed by atoms with Gasteiger partial charge in [-0.2, -0.15) is 0 Å². The van der Waals surface area contributed by atoms with Crippen LogP contribution in [0.5, 0.6) is 0 Å². The third-order valence-corrected chi connectivity index (χ3v) is 2.59. The van der Waals surface area contributed by atoms with Crippen molar-refractivity contribution >= 4 is 17.5 Å². The van der Waals surface area contributed by atoms with Crippen LogP contribution < -0.4 is 16.4 Å². The van der Waals surface area contributed by atoms with Gasteiger partial charge in [0.25, 0.3) is 5.91 Å². The van der Waals surface area contributed by atoms with E-state index in [1.54, 1.807) is 24.3 Å². The summed E-state index contributed by atoms with van der Waals surface area (Å²) in [4.78, 5) is 23.1. The Morgan fingerprint density at radius 2 is 1.94 bits per heavy atom. The summed E-state index contributed by atoms with van der Waals surface area (Å²) in [6, 6.07) is 6.58. The number of benzene rings is 1. The van der Waals surface area contributed by atoms with Crippen LogP contribution in [0.15, 0.2) is 24.3 Å². The summed E-state index contributed by atoms with van der Waals surface area (Å²) in [7, 11) is 0. The van der Waals surface area contributed by atoms with Crippen molar-refractivity contribution in [3.8, 4) is 0 Å². The summed E-state index contributed by atoms with van der Waals surface area (Å²) in [6.45, 7) is 1.04. The summed E-state index contributed by atoms with van der Waals surface area (Å²) in [5.41, 5.74) is 6.59. The SMILES string of the molecule is Nc1ccc(C(=O)NCC(=O)NC2COC2)cc1. The molecule has 4 N–H and O–H groups in total. The largest absolute Gasteiger partial charge is 0.399 e. The van der Waals surface area contributed by atoms with Gasteiger partial charge in [0.2, 0.25) is 5.91 Å². The molecule has 0 aromatic heterocycles. The van der Waals surface area contributed by atoms with Crippen molar-refractivity contribution in [2.45, 2.75) is 6.04 Å². The molecule has 0 aliphatic carbocycles. The van der Waals surface area contributed by atoms with Crippen molar-refractivity contribution in [2.24, 2.45) is 0 Å². The molecule has 0 radical (unpaired) electrons. The fourth-order valence-corrected chi connectivity index (χ4v) is 1.49. The Labute approximate surface area is 104 Å². The van der Waals surface area contributed by atoms with Crippen molar-refractivity contribution in [3.63, 3.8) is 0 Å². The van der Waals surface area contributed by atoms with E-state index in [4.69, 9.17) is 10.5 Å². The van der Waals surface area contributed by atoms with Crippen LogP contribution in [0.3, 0.4) is 0 Å². The molecule has 6 heteroatoms. The van der Waals surface area contributed by atoms with Gasteiger partial charge in [-0.15, -0.1) is 0 Å². The number of ether oxygens (including phenoxy) is 1. The molecular formula is C12H15N3O3. The molecule has 1 aliphatic rings. The van der Waals surface area contributed by atoms with Gasteiger partial charge in [-0.25, -0.2) is 0 Å². The van der Waals surface area contributed by atoms with Gasteiger partial charge in [-0.05, 0) is 24.3 Å². The van der Waals surface area contributed by atoms with Crippen molar-refractivity contribution in [3.05, 3.63) is 29.8 Å². The van der Waals surface area contributed by atoms with E-state index < -0.39 is 0 Å². The number of rotatable bonds is 4. The van der Waals surface area contributed by atoms with Gasteiger partial charge in [-0.3, -0.25) is 9.59 Å². The maximum Gasteiger partial charge on any atom is 0.251 e. The first-order chi connectivity index (χ1) is 8.65. The zero-order chi connectivity index (χ0) is 13.0. The van der Waals surface area contributed by atoms with Crippen LogP contribution in [-0.2, 0) is 9.53 Å². The van der Waals surface area contributed by atoms with Crippen LogP contribution in [0.2, 0.25) is 0 Å². The number of carbonyl (C=O) groups is 2. The Kier molecular flexibility index (Phi) is 3.78. The zero-order valence-corrected chi connectivity index (χ0v) is 9.81. The van der Waals surface area contributed by atoms with Gasteiger partial charge >= 0.3 is 0 Å². The smallest absolute Gasteiger partial charge is 0.251 e. The number of nitrogen functional groups attached to an aromatic ring is 1. The lowest BCUT2D eigenvalue weighted by molar-refractivity contribution is -0.124. The number of nitrogens with one attached hydrogen (secondary N) is 2. The Morgan fingerprint density at radius 3 is 2.50 bits per heavy atom. The first-order valence-electron chi connectivity index (χ1n) is 5.66. The Balaban J connectivity index is 1.76. The lowest BCUT2D eigenvalue weighted by Crippen LogP contribution is -2.51. The molecule has 0 bridgehead atoms. The Bertz CT molecular complexity index is 440. The molecule has 96 valence electrons. The molecule has 1 aliphatic heterocycles. The molecule has 0 atom stereocenters. The summed E-state index contributed by atoms with van der Waals surface area (Å²) in [5.74, 6) is -0.512. The van der Waals surface area contributed by atoms with Crippen LogP contribution in [0.25, 0.3) is 0 Å². The van der Waals surface area contributed by atoms with Gasteiger partial charge in [0.1, 0.15) is 0 Å². The highest BCUT2D eigenvalue weighted by Crippen LogP contribution is 2.05. The second-order valence-electron chi connectivity index (χ2n) is 4.11. The first kappa shape index (κ1) is 12.4. The molecule has 2 rings (SSSR count). The van der Waals surface area contributed by atoms with Crippen LogP contribution in [0, 0.1) is 0 Å². The van der Waals surface area contributed by atoms with E-state index in [-0.39, 0.29) is 24.4 Å². The van der Waals surface area contributed by atoms with E-state index in [1.165, 1.54) is 0 Å². The molecule has 1 saturated heterocycles. The average Bonchev–Trinajstić information content (AvgIpc) is 2.32. The highest BCUT2D eigenvalue weighted by Gasteiger charge is 2.20. The van der Waals surface area contributed by atoms with E-state index in [1.807, 2.05) is 0 Å². The topological polar surface area (TPSA) is 93.5 Å². The molecule has 2 amide bonds. The maximum absolute atomic E-state index is 11.7. The number of hydrogen-bond acceptors (Lipinski definition) is 4. The number of hydrogen-bond donors (Lipinski definition) is 3. The van der Waals surface area contributed by atoms with E-state index in [0.29, 0.717) is 24.5 Å². The Hall–Kier alpha value is -2.08. The summed E-state index contributed by atoms with van der Waals surface area (Å²) in [5, 5.41) is 5.27. The fourth-order valence-electron chi connectivity index (χ4n) is 1.49. The molecule has 1 aromatic rings. The molecular weight excluding hydrogens is 234 g/mol. The van der Waals surface area contributed by atoms with Crippen molar-refractivity contribution < 1.29 is 14.3 Å². The molecule has 1 fully saturated rings. The van der Waals surface area contributed by atoms with E-state index >= 15 is 0 Å². The summed E-state index contributed by atoms with van der Waals surface area (Å²) in [6.07, 6.45) is 0. The summed E-state index contributed by atoms with van der Waals surface area (Å²) >= 11 is 0. The van der Waals surface area contributed by atoms with Crippen LogP contribution >= 0.6 is 0 Å². The van der Waals surface area contributed by atoms with Gasteiger partial charge in [0.15, 0.2) is 0 Å². The quantitative estimate of drug-likeness (QED) is 0.628. The Morgan fingerprint density at radius 1 is 1.28 bits per heavy atom. The van der Waals surface area contributed by atoms with Crippen LogP contribution in [0.1, 0.15) is 10.4 Å². The van der Waals surface area contributed by atoms with E-state index in [9.17, 15) is 9.59 Å². The minimum atomic E-state index is -0.296. The minimum Gasteiger partial charge on any atom is -0.399 e. The molecule has 1 aromatic carbocycles. The number of anilines is 1. The molecule has 0 unspecified atom stereocenters. The van der Waals surface area contributed by atoms with Crippen molar-refractivity contribution in [1.82, 2.24) is 10.6 Å². The fraction of sp³-hybridized carbons (Fsp3) is 0.333. The average molecular weight is 249 g/mol. The molecule has 6 nitrogen and oxygen atoms in total. The minimum absolute atomic E-state index is 0.0420. The lowest BCUT2D eigenvalue weighted by atomic mass is 10.2. The van der Waals surface area contributed by atoms with Crippen LogP contribution in [0.4, 0.5) is 5.69 Å². The molecule has 18 heavy (non-hydrogen) atoms. The van der Waals surface area contributed by atoms with E-state index in [2.05, 4.69) is 10.6 Å². The predicted molar refractivity (Wildman–Crippen MR) is 65.9 cm³/mol. The normalized spacial score (nSPS) is 14.7. The third kappa shape index (κ3) is 3.21. The monoisotopic (exact) mass is 249 g/mol. The van der Waals surface area contributed by atoms with E-state index in [0.717, 1.165) is 0 Å². The standard InChI is InChI=1S/C12H15N3O3/c13-9-3-1-8(2-4-9)12(17)14-5-11(16)15-10-6-18-7-10/h1-4,10H,5-7,13H2,(H,14,17)(H,15,16).